The molecule has 1 heterocycles. The van der Waals surface area contributed by atoms with Gasteiger partial charge < -0.3 is 5.11 Å². The Hall–Kier alpha value is -2.15. The standard InChI is InChI=1S/C13H12F3N3O/c1-7(2)5-19-13(10(6-20)17-18-19)8-3-4-9(14)12(16)11(8)15/h3-4,20H,1,5-6H2,2H3. The molecule has 0 radical (unpaired) electrons. The first-order chi connectivity index (χ1) is 9.45. The lowest BCUT2D eigenvalue weighted by atomic mass is 10.1. The number of allylic oxidation sites excluding steroid dienone is 1. The molecule has 0 saturated carbocycles. The van der Waals surface area contributed by atoms with E-state index >= 15 is 0 Å². The lowest BCUT2D eigenvalue weighted by Crippen LogP contribution is -2.06. The van der Waals surface area contributed by atoms with Crippen LogP contribution in [0.2, 0.25) is 0 Å². The van der Waals surface area contributed by atoms with Gasteiger partial charge in [0.25, 0.3) is 0 Å². The highest BCUT2D eigenvalue weighted by atomic mass is 19.2. The van der Waals surface area contributed by atoms with E-state index in [-0.39, 0.29) is 23.5 Å². The summed E-state index contributed by atoms with van der Waals surface area (Å²) in [6.45, 7) is 5.15. The Morgan fingerprint density at radius 2 is 2.00 bits per heavy atom. The Morgan fingerprint density at radius 1 is 1.30 bits per heavy atom. The molecule has 0 bridgehead atoms. The van der Waals surface area contributed by atoms with Crippen molar-refractivity contribution in [3.05, 3.63) is 47.4 Å². The van der Waals surface area contributed by atoms with Crippen LogP contribution in [0.1, 0.15) is 12.6 Å². The molecule has 2 rings (SSSR count). The quantitative estimate of drug-likeness (QED) is 0.692. The minimum atomic E-state index is -1.57. The number of aromatic nitrogens is 3. The van der Waals surface area contributed by atoms with Gasteiger partial charge in [0.2, 0.25) is 0 Å². The number of rotatable bonds is 4. The van der Waals surface area contributed by atoms with E-state index < -0.39 is 24.1 Å². The van der Waals surface area contributed by atoms with Crippen molar-refractivity contribution in [3.63, 3.8) is 0 Å². The third kappa shape index (κ3) is 2.44. The number of nitrogens with zero attached hydrogens (tertiary/aromatic N) is 3. The van der Waals surface area contributed by atoms with Crippen molar-refractivity contribution < 1.29 is 18.3 Å². The summed E-state index contributed by atoms with van der Waals surface area (Å²) in [5, 5.41) is 16.7. The van der Waals surface area contributed by atoms with Gasteiger partial charge in [0.15, 0.2) is 17.5 Å². The molecule has 2 aromatic rings. The zero-order chi connectivity index (χ0) is 14.9. The molecule has 0 unspecified atom stereocenters. The predicted octanol–water partition coefficient (Wildman–Crippen LogP) is 2.43. The smallest absolute Gasteiger partial charge is 0.195 e. The Morgan fingerprint density at radius 3 is 2.60 bits per heavy atom. The van der Waals surface area contributed by atoms with Crippen molar-refractivity contribution in [1.82, 2.24) is 15.0 Å². The van der Waals surface area contributed by atoms with Gasteiger partial charge in [-0.1, -0.05) is 17.4 Å². The van der Waals surface area contributed by atoms with Crippen molar-refractivity contribution in [2.75, 3.05) is 0 Å². The largest absolute Gasteiger partial charge is 0.390 e. The Bertz CT molecular complexity index is 667. The fourth-order valence-electron chi connectivity index (χ4n) is 1.83. The summed E-state index contributed by atoms with van der Waals surface area (Å²) in [5.41, 5.74) is 0.686. The van der Waals surface area contributed by atoms with Gasteiger partial charge in [-0.3, -0.25) is 0 Å². The van der Waals surface area contributed by atoms with Crippen LogP contribution in [-0.2, 0) is 13.2 Å². The van der Waals surface area contributed by atoms with Gasteiger partial charge in [0.1, 0.15) is 5.69 Å². The molecule has 1 N–H and O–H groups in total. The average Bonchev–Trinajstić information content (AvgIpc) is 2.78. The third-order valence-electron chi connectivity index (χ3n) is 2.66. The van der Waals surface area contributed by atoms with Crippen LogP contribution in [0.25, 0.3) is 11.3 Å². The molecular formula is C13H12F3N3O. The minimum Gasteiger partial charge on any atom is -0.390 e. The summed E-state index contributed by atoms with van der Waals surface area (Å²) in [6.07, 6.45) is 0. The number of benzene rings is 1. The van der Waals surface area contributed by atoms with Crippen LogP contribution in [0.4, 0.5) is 13.2 Å². The fraction of sp³-hybridized carbons (Fsp3) is 0.231. The highest BCUT2D eigenvalue weighted by molar-refractivity contribution is 5.63. The van der Waals surface area contributed by atoms with Crippen LogP contribution in [0.3, 0.4) is 0 Å². The van der Waals surface area contributed by atoms with Crippen LogP contribution < -0.4 is 0 Å². The summed E-state index contributed by atoms with van der Waals surface area (Å²) in [4.78, 5) is 0. The number of hydrogen-bond acceptors (Lipinski definition) is 3. The molecule has 1 aromatic carbocycles. The topological polar surface area (TPSA) is 50.9 Å². The summed E-state index contributed by atoms with van der Waals surface area (Å²) >= 11 is 0. The minimum absolute atomic E-state index is 0.0798. The van der Waals surface area contributed by atoms with Gasteiger partial charge in [-0.05, 0) is 19.1 Å². The highest BCUT2D eigenvalue weighted by Crippen LogP contribution is 2.28. The SMILES string of the molecule is C=C(C)Cn1nnc(CO)c1-c1ccc(F)c(F)c1F. The second kappa shape index (κ2) is 5.46. The maximum Gasteiger partial charge on any atom is 0.195 e. The second-order valence-corrected chi connectivity index (χ2v) is 4.38. The fourth-order valence-corrected chi connectivity index (χ4v) is 1.83. The van der Waals surface area contributed by atoms with Crippen LogP contribution in [-0.4, -0.2) is 20.1 Å². The van der Waals surface area contributed by atoms with Gasteiger partial charge in [-0.25, -0.2) is 17.9 Å². The van der Waals surface area contributed by atoms with E-state index in [1.807, 2.05) is 0 Å². The van der Waals surface area contributed by atoms with Crippen LogP contribution in [0, 0.1) is 17.5 Å². The van der Waals surface area contributed by atoms with E-state index in [1.54, 1.807) is 6.92 Å². The first-order valence-corrected chi connectivity index (χ1v) is 5.77. The highest BCUT2D eigenvalue weighted by Gasteiger charge is 2.21. The number of halogens is 3. The van der Waals surface area contributed by atoms with Crippen LogP contribution in [0.5, 0.6) is 0 Å². The second-order valence-electron chi connectivity index (χ2n) is 4.38. The maximum absolute atomic E-state index is 13.9. The molecule has 0 fully saturated rings. The molecule has 4 nitrogen and oxygen atoms in total. The number of aliphatic hydroxyl groups is 1. The molecule has 7 heteroatoms. The van der Waals surface area contributed by atoms with E-state index in [4.69, 9.17) is 0 Å². The molecule has 1 aromatic heterocycles. The van der Waals surface area contributed by atoms with Crippen molar-refractivity contribution in [1.29, 1.82) is 0 Å². The van der Waals surface area contributed by atoms with Gasteiger partial charge in [0.05, 0.1) is 18.8 Å². The molecule has 0 amide bonds. The van der Waals surface area contributed by atoms with Crippen molar-refractivity contribution in [2.45, 2.75) is 20.1 Å². The monoisotopic (exact) mass is 283 g/mol. The van der Waals surface area contributed by atoms with Gasteiger partial charge in [0, 0.05) is 5.56 Å². The van der Waals surface area contributed by atoms with E-state index in [2.05, 4.69) is 16.9 Å². The van der Waals surface area contributed by atoms with Gasteiger partial charge in [-0.2, -0.15) is 0 Å². The summed E-state index contributed by atoms with van der Waals surface area (Å²) in [7, 11) is 0. The molecule has 0 spiro atoms. The Labute approximate surface area is 113 Å². The van der Waals surface area contributed by atoms with Gasteiger partial charge >= 0.3 is 0 Å². The normalized spacial score (nSPS) is 10.8. The van der Waals surface area contributed by atoms with Crippen molar-refractivity contribution in [2.24, 2.45) is 0 Å². The molecular weight excluding hydrogens is 271 g/mol. The molecule has 0 aliphatic rings. The maximum atomic E-state index is 13.9. The van der Waals surface area contributed by atoms with Crippen molar-refractivity contribution in [3.8, 4) is 11.3 Å². The van der Waals surface area contributed by atoms with Gasteiger partial charge in [-0.15, -0.1) is 5.10 Å². The lowest BCUT2D eigenvalue weighted by molar-refractivity contribution is 0.277. The lowest BCUT2D eigenvalue weighted by Gasteiger charge is -2.09. The van der Waals surface area contributed by atoms with Crippen LogP contribution in [0.15, 0.2) is 24.3 Å². The summed E-state index contributed by atoms with van der Waals surface area (Å²) in [5.74, 6) is -4.20. The molecule has 0 aliphatic heterocycles. The Balaban J connectivity index is 2.65. The van der Waals surface area contributed by atoms with E-state index in [9.17, 15) is 18.3 Å². The zero-order valence-electron chi connectivity index (χ0n) is 10.7. The summed E-state index contributed by atoms with van der Waals surface area (Å²) < 4.78 is 41.5. The van der Waals surface area contributed by atoms with E-state index in [0.29, 0.717) is 5.57 Å². The van der Waals surface area contributed by atoms with E-state index in [1.165, 1.54) is 4.68 Å². The zero-order valence-corrected chi connectivity index (χ0v) is 10.7. The first kappa shape index (κ1) is 14.3. The average molecular weight is 283 g/mol. The molecule has 0 atom stereocenters. The third-order valence-corrected chi connectivity index (χ3v) is 2.66. The molecule has 106 valence electrons. The van der Waals surface area contributed by atoms with Crippen molar-refractivity contribution >= 4 is 0 Å². The predicted molar refractivity (Wildman–Crippen MR) is 66.1 cm³/mol. The number of hydrogen-bond donors (Lipinski definition) is 1. The Kier molecular flexibility index (Phi) is 3.89. The first-order valence-electron chi connectivity index (χ1n) is 5.77. The van der Waals surface area contributed by atoms with E-state index in [0.717, 1.165) is 12.1 Å². The molecule has 0 saturated heterocycles. The summed E-state index contributed by atoms with van der Waals surface area (Å²) in [6, 6.07) is 1.90. The van der Waals surface area contributed by atoms with Crippen LogP contribution >= 0.6 is 0 Å². The number of aliphatic hydroxyl groups excluding tert-OH is 1. The molecule has 0 aliphatic carbocycles. The molecule has 20 heavy (non-hydrogen) atoms.